The number of rotatable bonds is 3. The summed E-state index contributed by atoms with van der Waals surface area (Å²) in [6, 6.07) is 5.49. The molecule has 1 saturated heterocycles. The Balaban J connectivity index is 2.47. The highest BCUT2D eigenvalue weighted by molar-refractivity contribution is 9.08. The summed E-state index contributed by atoms with van der Waals surface area (Å²) in [6.45, 7) is 5.17. The molecule has 1 aliphatic heterocycles. The lowest BCUT2D eigenvalue weighted by Gasteiger charge is -2.33. The molecule has 4 nitrogen and oxygen atoms in total. The van der Waals surface area contributed by atoms with E-state index in [4.69, 9.17) is 0 Å². The fraction of sp³-hybridized carbons (Fsp3) is 0.538. The third kappa shape index (κ3) is 2.36. The lowest BCUT2D eigenvalue weighted by atomic mass is 10.0. The summed E-state index contributed by atoms with van der Waals surface area (Å²) < 4.78 is 0. The Labute approximate surface area is 115 Å². The van der Waals surface area contributed by atoms with Gasteiger partial charge in [-0.15, -0.1) is 0 Å². The average molecular weight is 313 g/mol. The molecule has 0 N–H and O–H groups in total. The van der Waals surface area contributed by atoms with E-state index in [1.165, 1.54) is 0 Å². The summed E-state index contributed by atoms with van der Waals surface area (Å²) in [7, 11) is 0. The van der Waals surface area contributed by atoms with Gasteiger partial charge in [-0.25, -0.2) is 0 Å². The van der Waals surface area contributed by atoms with Crippen molar-refractivity contribution < 1.29 is 4.92 Å². The summed E-state index contributed by atoms with van der Waals surface area (Å²) in [6.07, 6.45) is 2.16. The van der Waals surface area contributed by atoms with E-state index in [9.17, 15) is 10.1 Å². The summed E-state index contributed by atoms with van der Waals surface area (Å²) in [5.74, 6) is 0. The Morgan fingerprint density at radius 2 is 2.22 bits per heavy atom. The van der Waals surface area contributed by atoms with Gasteiger partial charge in [0.25, 0.3) is 5.69 Å². The van der Waals surface area contributed by atoms with Crippen LogP contribution in [0.3, 0.4) is 0 Å². The first kappa shape index (κ1) is 13.3. The fourth-order valence-electron chi connectivity index (χ4n) is 2.58. The quantitative estimate of drug-likeness (QED) is 0.483. The van der Waals surface area contributed by atoms with Crippen molar-refractivity contribution in [3.8, 4) is 0 Å². The van der Waals surface area contributed by atoms with Crippen LogP contribution in [0.15, 0.2) is 18.2 Å². The standard InChI is InChI=1S/C13H17BrN2O2/c1-13(2)6-3-7-15(13)11-5-4-10(9-14)8-12(11)16(17)18/h4-5,8H,3,6-7,9H2,1-2H3. The van der Waals surface area contributed by atoms with Gasteiger partial charge in [0.15, 0.2) is 0 Å². The van der Waals surface area contributed by atoms with E-state index in [1.54, 1.807) is 6.07 Å². The second kappa shape index (κ2) is 4.88. The molecular weight excluding hydrogens is 296 g/mol. The van der Waals surface area contributed by atoms with Crippen molar-refractivity contribution in [2.45, 2.75) is 37.6 Å². The van der Waals surface area contributed by atoms with E-state index in [2.05, 4.69) is 34.7 Å². The number of anilines is 1. The number of nitrogens with zero attached hydrogens (tertiary/aromatic N) is 2. The van der Waals surface area contributed by atoms with Gasteiger partial charge in [0, 0.05) is 23.5 Å². The molecule has 1 heterocycles. The van der Waals surface area contributed by atoms with E-state index in [1.807, 2.05) is 12.1 Å². The molecule has 0 radical (unpaired) electrons. The van der Waals surface area contributed by atoms with E-state index in [-0.39, 0.29) is 16.1 Å². The molecule has 1 aromatic carbocycles. The van der Waals surface area contributed by atoms with Crippen LogP contribution in [0.4, 0.5) is 11.4 Å². The zero-order valence-corrected chi connectivity index (χ0v) is 12.2. The topological polar surface area (TPSA) is 46.4 Å². The van der Waals surface area contributed by atoms with Gasteiger partial charge in [-0.05, 0) is 38.3 Å². The van der Waals surface area contributed by atoms with Crippen LogP contribution in [-0.4, -0.2) is 17.0 Å². The molecule has 1 aromatic rings. The number of benzene rings is 1. The monoisotopic (exact) mass is 312 g/mol. The van der Waals surface area contributed by atoms with E-state index >= 15 is 0 Å². The van der Waals surface area contributed by atoms with Gasteiger partial charge in [0.2, 0.25) is 0 Å². The predicted octanol–water partition coefficient (Wildman–Crippen LogP) is 3.87. The molecule has 5 heteroatoms. The molecule has 0 aromatic heterocycles. The van der Waals surface area contributed by atoms with Gasteiger partial charge in [-0.3, -0.25) is 10.1 Å². The highest BCUT2D eigenvalue weighted by atomic mass is 79.9. The maximum Gasteiger partial charge on any atom is 0.292 e. The van der Waals surface area contributed by atoms with Crippen molar-refractivity contribution in [1.29, 1.82) is 0 Å². The molecule has 0 aliphatic carbocycles. The van der Waals surface area contributed by atoms with Gasteiger partial charge in [-0.1, -0.05) is 22.0 Å². The summed E-state index contributed by atoms with van der Waals surface area (Å²) in [5.41, 5.74) is 1.89. The van der Waals surface area contributed by atoms with Gasteiger partial charge in [0.05, 0.1) is 4.92 Å². The van der Waals surface area contributed by atoms with Gasteiger partial charge < -0.3 is 4.90 Å². The minimum absolute atomic E-state index is 0.000673. The number of nitro benzene ring substituents is 1. The van der Waals surface area contributed by atoms with E-state index in [0.29, 0.717) is 5.33 Å². The summed E-state index contributed by atoms with van der Waals surface area (Å²) in [5, 5.41) is 11.9. The molecule has 18 heavy (non-hydrogen) atoms. The SMILES string of the molecule is CC1(C)CCCN1c1ccc(CBr)cc1[N+](=O)[O-]. The molecule has 0 bridgehead atoms. The molecule has 98 valence electrons. The van der Waals surface area contributed by atoms with Crippen molar-refractivity contribution in [2.24, 2.45) is 0 Å². The van der Waals surface area contributed by atoms with Gasteiger partial charge in [-0.2, -0.15) is 0 Å². The molecule has 0 atom stereocenters. The summed E-state index contributed by atoms with van der Waals surface area (Å²) >= 11 is 3.34. The number of hydrogen-bond acceptors (Lipinski definition) is 3. The molecule has 2 rings (SSSR count). The van der Waals surface area contributed by atoms with Crippen molar-refractivity contribution in [2.75, 3.05) is 11.4 Å². The molecular formula is C13H17BrN2O2. The van der Waals surface area contributed by atoms with E-state index in [0.717, 1.165) is 30.6 Å². The van der Waals surface area contributed by atoms with Crippen LogP contribution in [-0.2, 0) is 5.33 Å². The molecule has 0 unspecified atom stereocenters. The predicted molar refractivity (Wildman–Crippen MR) is 76.4 cm³/mol. The highest BCUT2D eigenvalue weighted by Crippen LogP contribution is 2.39. The van der Waals surface area contributed by atoms with Crippen molar-refractivity contribution in [1.82, 2.24) is 0 Å². The smallest absolute Gasteiger partial charge is 0.292 e. The zero-order valence-electron chi connectivity index (χ0n) is 10.6. The Bertz CT molecular complexity index is 474. The Morgan fingerprint density at radius 1 is 1.50 bits per heavy atom. The lowest BCUT2D eigenvalue weighted by molar-refractivity contribution is -0.384. The van der Waals surface area contributed by atoms with Crippen molar-refractivity contribution in [3.05, 3.63) is 33.9 Å². The normalized spacial score (nSPS) is 18.1. The van der Waals surface area contributed by atoms with Crippen LogP contribution in [0, 0.1) is 10.1 Å². The van der Waals surface area contributed by atoms with Crippen LogP contribution in [0.2, 0.25) is 0 Å². The van der Waals surface area contributed by atoms with Crippen LogP contribution in [0.5, 0.6) is 0 Å². The van der Waals surface area contributed by atoms with Crippen LogP contribution >= 0.6 is 15.9 Å². The maximum atomic E-state index is 11.2. The lowest BCUT2D eigenvalue weighted by Crippen LogP contribution is -2.38. The minimum Gasteiger partial charge on any atom is -0.361 e. The average Bonchev–Trinajstić information content (AvgIpc) is 2.68. The first-order valence-corrected chi connectivity index (χ1v) is 7.19. The third-order valence-electron chi connectivity index (χ3n) is 3.58. The number of alkyl halides is 1. The molecule has 1 aliphatic rings. The Morgan fingerprint density at radius 3 is 2.72 bits per heavy atom. The largest absolute Gasteiger partial charge is 0.361 e. The van der Waals surface area contributed by atoms with E-state index < -0.39 is 0 Å². The first-order chi connectivity index (χ1) is 8.45. The minimum atomic E-state index is -0.282. The second-order valence-corrected chi connectivity index (χ2v) is 5.84. The molecule has 0 saturated carbocycles. The zero-order chi connectivity index (χ0) is 13.3. The highest BCUT2D eigenvalue weighted by Gasteiger charge is 2.35. The fourth-order valence-corrected chi connectivity index (χ4v) is 2.93. The Kier molecular flexibility index (Phi) is 3.61. The molecule has 0 amide bonds. The number of hydrogen-bond donors (Lipinski definition) is 0. The maximum absolute atomic E-state index is 11.2. The van der Waals surface area contributed by atoms with Crippen LogP contribution in [0.1, 0.15) is 32.3 Å². The third-order valence-corrected chi connectivity index (χ3v) is 4.23. The number of nitro groups is 1. The van der Waals surface area contributed by atoms with Gasteiger partial charge >= 0.3 is 0 Å². The molecule has 0 spiro atoms. The van der Waals surface area contributed by atoms with Gasteiger partial charge in [0.1, 0.15) is 5.69 Å². The van der Waals surface area contributed by atoms with Crippen molar-refractivity contribution in [3.63, 3.8) is 0 Å². The molecule has 1 fully saturated rings. The van der Waals surface area contributed by atoms with Crippen LogP contribution < -0.4 is 4.90 Å². The Hall–Kier alpha value is -1.10. The second-order valence-electron chi connectivity index (χ2n) is 5.28. The van der Waals surface area contributed by atoms with Crippen molar-refractivity contribution >= 4 is 27.3 Å². The number of halogens is 1. The first-order valence-electron chi connectivity index (χ1n) is 6.06. The summed E-state index contributed by atoms with van der Waals surface area (Å²) in [4.78, 5) is 13.1. The van der Waals surface area contributed by atoms with Crippen LogP contribution in [0.25, 0.3) is 0 Å².